The van der Waals surface area contributed by atoms with Gasteiger partial charge in [-0.15, -0.1) is 3.63 Å². The Bertz CT molecular complexity index is 326. The molecule has 8 heteroatoms. The Morgan fingerprint density at radius 1 is 1.08 bits per heavy atom. The van der Waals surface area contributed by atoms with Crippen molar-refractivity contribution in [2.45, 2.75) is 20.3 Å². The van der Waals surface area contributed by atoms with Gasteiger partial charge in [0.2, 0.25) is 0 Å². The Morgan fingerprint density at radius 2 is 1.62 bits per heavy atom. The molecule has 0 bridgehead atoms. The number of rotatable bonds is 6. The monoisotopic (exact) mass is 232 g/mol. The van der Waals surface area contributed by atoms with Gasteiger partial charge in [-0.05, 0) is 13.3 Å². The van der Waals surface area contributed by atoms with Crippen LogP contribution in [0, 0.1) is 0 Å². The average molecular weight is 232 g/mol. The van der Waals surface area contributed by atoms with E-state index in [1.165, 1.54) is 6.92 Å². The van der Waals surface area contributed by atoms with Crippen LogP contribution in [0.5, 0.6) is 0 Å². The standard InChI is InChI=1S/C5H12O6S2/c1-3-5-10-13(8,9)11-12(6,7)4-2/h3-5H2,1-2H3. The molecule has 0 fully saturated rings. The van der Waals surface area contributed by atoms with E-state index in [4.69, 9.17) is 0 Å². The molecule has 80 valence electrons. The van der Waals surface area contributed by atoms with Crippen molar-refractivity contribution in [1.82, 2.24) is 0 Å². The predicted molar refractivity (Wildman–Crippen MR) is 45.7 cm³/mol. The smallest absolute Gasteiger partial charge is 0.247 e. The highest BCUT2D eigenvalue weighted by Crippen LogP contribution is 2.03. The summed E-state index contributed by atoms with van der Waals surface area (Å²) < 4.78 is 50.9. The van der Waals surface area contributed by atoms with Gasteiger partial charge in [0.1, 0.15) is 0 Å². The molecule has 0 unspecified atom stereocenters. The fourth-order valence-electron chi connectivity index (χ4n) is 0.380. The minimum atomic E-state index is -4.40. The lowest BCUT2D eigenvalue weighted by atomic mass is 10.5. The maximum atomic E-state index is 10.7. The molecule has 0 aromatic heterocycles. The minimum absolute atomic E-state index is 0.0957. The minimum Gasteiger partial charge on any atom is -0.247 e. The lowest BCUT2D eigenvalue weighted by molar-refractivity contribution is 0.275. The van der Waals surface area contributed by atoms with Crippen molar-refractivity contribution in [3.63, 3.8) is 0 Å². The molecule has 0 radical (unpaired) electrons. The summed E-state index contributed by atoms with van der Waals surface area (Å²) in [5, 5.41) is 0. The van der Waals surface area contributed by atoms with E-state index in [0.717, 1.165) is 0 Å². The van der Waals surface area contributed by atoms with Crippen LogP contribution in [0.1, 0.15) is 20.3 Å². The van der Waals surface area contributed by atoms with E-state index in [-0.39, 0.29) is 6.61 Å². The summed E-state index contributed by atoms with van der Waals surface area (Å²) >= 11 is 0. The van der Waals surface area contributed by atoms with Crippen molar-refractivity contribution < 1.29 is 24.6 Å². The molecule has 0 saturated carbocycles. The van der Waals surface area contributed by atoms with E-state index in [9.17, 15) is 16.8 Å². The molecule has 0 N–H and O–H groups in total. The SMILES string of the molecule is CCCOS(=O)(=O)OS(=O)(=O)CC. The van der Waals surface area contributed by atoms with Crippen LogP contribution in [0.2, 0.25) is 0 Å². The number of hydrogen-bond acceptors (Lipinski definition) is 6. The molecule has 0 spiro atoms. The highest BCUT2D eigenvalue weighted by Gasteiger charge is 2.21. The summed E-state index contributed by atoms with van der Waals surface area (Å²) in [6, 6.07) is 0. The maximum absolute atomic E-state index is 10.7. The lowest BCUT2D eigenvalue weighted by Gasteiger charge is -2.03. The van der Waals surface area contributed by atoms with Gasteiger partial charge in [0.15, 0.2) is 0 Å². The molecule has 0 amide bonds. The van der Waals surface area contributed by atoms with E-state index in [1.807, 2.05) is 0 Å². The molecule has 0 aliphatic carbocycles. The summed E-state index contributed by atoms with van der Waals surface area (Å²) in [6.07, 6.45) is 0.453. The van der Waals surface area contributed by atoms with Crippen LogP contribution >= 0.6 is 0 Å². The first-order valence-electron chi connectivity index (χ1n) is 3.66. The van der Waals surface area contributed by atoms with E-state index in [1.54, 1.807) is 6.92 Å². The van der Waals surface area contributed by atoms with Crippen LogP contribution in [-0.4, -0.2) is 29.2 Å². The van der Waals surface area contributed by atoms with Gasteiger partial charge in [0.05, 0.1) is 12.4 Å². The Labute approximate surface area is 78.3 Å². The summed E-state index contributed by atoms with van der Waals surface area (Å²) in [6.45, 7) is 2.86. The van der Waals surface area contributed by atoms with Crippen LogP contribution in [-0.2, 0) is 28.3 Å². The molecule has 0 rings (SSSR count). The fraction of sp³-hybridized carbons (Fsp3) is 1.00. The van der Waals surface area contributed by atoms with Crippen molar-refractivity contribution in [3.8, 4) is 0 Å². The lowest BCUT2D eigenvalue weighted by Crippen LogP contribution is -2.17. The van der Waals surface area contributed by atoms with Crippen LogP contribution < -0.4 is 0 Å². The maximum Gasteiger partial charge on any atom is 0.414 e. The number of hydrogen-bond donors (Lipinski definition) is 0. The zero-order chi connectivity index (χ0) is 10.5. The highest BCUT2D eigenvalue weighted by atomic mass is 32.3. The van der Waals surface area contributed by atoms with E-state index < -0.39 is 26.3 Å². The topological polar surface area (TPSA) is 86.7 Å². The fourth-order valence-corrected chi connectivity index (χ4v) is 2.31. The average Bonchev–Trinajstić information content (AvgIpc) is 1.99. The predicted octanol–water partition coefficient (Wildman–Crippen LogP) is 0.0241. The van der Waals surface area contributed by atoms with Gasteiger partial charge in [-0.1, -0.05) is 6.92 Å². The van der Waals surface area contributed by atoms with Crippen LogP contribution in [0.25, 0.3) is 0 Å². The molecule has 0 aliphatic rings. The van der Waals surface area contributed by atoms with Gasteiger partial charge in [-0.2, -0.15) is 16.8 Å². The molecule has 0 aromatic rings. The zero-order valence-corrected chi connectivity index (χ0v) is 9.02. The Morgan fingerprint density at radius 3 is 2.00 bits per heavy atom. The van der Waals surface area contributed by atoms with Gasteiger partial charge in [0.25, 0.3) is 10.1 Å². The second kappa shape index (κ2) is 4.89. The summed E-state index contributed by atoms with van der Waals surface area (Å²) in [5.74, 6) is -0.415. The Balaban J connectivity index is 4.36. The van der Waals surface area contributed by atoms with Crippen molar-refractivity contribution >= 4 is 20.5 Å². The van der Waals surface area contributed by atoms with Crippen molar-refractivity contribution in [2.24, 2.45) is 0 Å². The third kappa shape index (κ3) is 5.97. The molecule has 0 aliphatic heterocycles. The zero-order valence-electron chi connectivity index (χ0n) is 7.39. The van der Waals surface area contributed by atoms with Crippen LogP contribution in [0.15, 0.2) is 0 Å². The molecule has 0 saturated heterocycles. The van der Waals surface area contributed by atoms with Gasteiger partial charge in [-0.25, -0.2) is 4.18 Å². The highest BCUT2D eigenvalue weighted by molar-refractivity contribution is 7.97. The molecule has 13 heavy (non-hydrogen) atoms. The Kier molecular flexibility index (Phi) is 4.82. The van der Waals surface area contributed by atoms with Gasteiger partial charge >= 0.3 is 10.4 Å². The van der Waals surface area contributed by atoms with Crippen LogP contribution in [0.4, 0.5) is 0 Å². The van der Waals surface area contributed by atoms with Gasteiger partial charge < -0.3 is 0 Å². The van der Waals surface area contributed by atoms with Gasteiger partial charge in [0, 0.05) is 0 Å². The summed E-state index contributed by atoms with van der Waals surface area (Å²) in [7, 11) is -8.42. The van der Waals surface area contributed by atoms with E-state index in [2.05, 4.69) is 7.81 Å². The first-order chi connectivity index (χ1) is 5.83. The third-order valence-corrected chi connectivity index (χ3v) is 3.63. The third-order valence-electron chi connectivity index (χ3n) is 0.972. The summed E-state index contributed by atoms with van der Waals surface area (Å²) in [4.78, 5) is 0. The second-order valence-electron chi connectivity index (χ2n) is 2.14. The molecular formula is C5H12O6S2. The summed E-state index contributed by atoms with van der Waals surface area (Å²) in [5.41, 5.74) is 0. The second-order valence-corrected chi connectivity index (χ2v) is 5.43. The molecule has 0 heterocycles. The quantitative estimate of drug-likeness (QED) is 0.641. The molecule has 0 aromatic carbocycles. The Hall–Kier alpha value is -0.180. The first kappa shape index (κ1) is 12.8. The van der Waals surface area contributed by atoms with Crippen molar-refractivity contribution in [2.75, 3.05) is 12.4 Å². The van der Waals surface area contributed by atoms with Gasteiger partial charge in [-0.3, -0.25) is 0 Å². The molecule has 0 atom stereocenters. The van der Waals surface area contributed by atoms with Crippen molar-refractivity contribution in [1.29, 1.82) is 0 Å². The molecular weight excluding hydrogens is 220 g/mol. The molecule has 6 nitrogen and oxygen atoms in total. The van der Waals surface area contributed by atoms with E-state index in [0.29, 0.717) is 6.42 Å². The normalized spacial score (nSPS) is 13.1. The van der Waals surface area contributed by atoms with Crippen LogP contribution in [0.3, 0.4) is 0 Å². The largest absolute Gasteiger partial charge is 0.414 e. The van der Waals surface area contributed by atoms with E-state index >= 15 is 0 Å². The van der Waals surface area contributed by atoms with Crippen molar-refractivity contribution in [3.05, 3.63) is 0 Å². The first-order valence-corrected chi connectivity index (χ1v) is 6.57.